The Balaban J connectivity index is 1.94. The molecular formula is C12H14O2. The maximum absolute atomic E-state index is 5.55. The Labute approximate surface area is 84.2 Å². The van der Waals surface area contributed by atoms with Gasteiger partial charge in [-0.25, -0.2) is 0 Å². The van der Waals surface area contributed by atoms with Crippen molar-refractivity contribution in [2.75, 3.05) is 0 Å². The summed E-state index contributed by atoms with van der Waals surface area (Å²) >= 11 is 0. The Kier molecular flexibility index (Phi) is 2.73. The van der Waals surface area contributed by atoms with Gasteiger partial charge in [-0.2, -0.15) is 0 Å². The summed E-state index contributed by atoms with van der Waals surface area (Å²) < 4.78 is 10.9. The highest BCUT2D eigenvalue weighted by atomic mass is 16.7. The first-order valence-corrected chi connectivity index (χ1v) is 4.93. The van der Waals surface area contributed by atoms with Crippen molar-refractivity contribution in [1.82, 2.24) is 0 Å². The molecule has 2 nitrogen and oxygen atoms in total. The molecule has 1 aromatic rings. The van der Waals surface area contributed by atoms with Gasteiger partial charge in [-0.1, -0.05) is 37.3 Å². The van der Waals surface area contributed by atoms with Crippen LogP contribution in [-0.2, 0) is 15.9 Å². The van der Waals surface area contributed by atoms with Gasteiger partial charge in [0.15, 0.2) is 0 Å². The van der Waals surface area contributed by atoms with E-state index < -0.39 is 0 Å². The monoisotopic (exact) mass is 190 g/mol. The first-order valence-electron chi connectivity index (χ1n) is 4.93. The average molecular weight is 190 g/mol. The second-order valence-electron chi connectivity index (χ2n) is 3.34. The summed E-state index contributed by atoms with van der Waals surface area (Å²) in [4.78, 5) is 0. The molecule has 0 radical (unpaired) electrons. The number of rotatable bonds is 3. The normalized spacial score (nSPS) is 19.8. The molecular weight excluding hydrogens is 176 g/mol. The summed E-state index contributed by atoms with van der Waals surface area (Å²) in [7, 11) is 0. The van der Waals surface area contributed by atoms with E-state index in [2.05, 4.69) is 12.1 Å². The maximum atomic E-state index is 5.55. The molecule has 1 aliphatic heterocycles. The first kappa shape index (κ1) is 9.13. The summed E-state index contributed by atoms with van der Waals surface area (Å²) in [5.41, 5.74) is 1.25. The van der Waals surface area contributed by atoms with Crippen molar-refractivity contribution < 1.29 is 9.47 Å². The van der Waals surface area contributed by atoms with E-state index >= 15 is 0 Å². The molecule has 0 N–H and O–H groups in total. The van der Waals surface area contributed by atoms with Crippen LogP contribution in [-0.4, -0.2) is 6.29 Å². The molecule has 74 valence electrons. The van der Waals surface area contributed by atoms with Crippen LogP contribution in [0.5, 0.6) is 0 Å². The first-order chi connectivity index (χ1) is 6.88. The zero-order chi connectivity index (χ0) is 9.80. The Morgan fingerprint density at radius 2 is 2.00 bits per heavy atom. The van der Waals surface area contributed by atoms with Gasteiger partial charge in [-0.05, 0) is 5.56 Å². The lowest BCUT2D eigenvalue weighted by atomic mass is 10.1. The van der Waals surface area contributed by atoms with Gasteiger partial charge in [-0.15, -0.1) is 0 Å². The van der Waals surface area contributed by atoms with Crippen molar-refractivity contribution in [3.8, 4) is 0 Å². The van der Waals surface area contributed by atoms with E-state index in [1.54, 1.807) is 6.26 Å². The number of allylic oxidation sites excluding steroid dienone is 1. The predicted molar refractivity (Wildman–Crippen MR) is 54.5 cm³/mol. The fourth-order valence-electron chi connectivity index (χ4n) is 1.44. The van der Waals surface area contributed by atoms with E-state index in [0.717, 1.165) is 18.6 Å². The second-order valence-corrected chi connectivity index (χ2v) is 3.34. The van der Waals surface area contributed by atoms with Crippen LogP contribution in [0.1, 0.15) is 18.9 Å². The van der Waals surface area contributed by atoms with Crippen LogP contribution in [0.3, 0.4) is 0 Å². The fourth-order valence-corrected chi connectivity index (χ4v) is 1.44. The molecule has 0 amide bonds. The van der Waals surface area contributed by atoms with Gasteiger partial charge in [0.25, 0.3) is 0 Å². The Morgan fingerprint density at radius 1 is 1.21 bits per heavy atom. The SMILES string of the molecule is CCC1OC=C(Cc2ccccc2)O1. The largest absolute Gasteiger partial charge is 0.459 e. The topological polar surface area (TPSA) is 18.5 Å². The standard InChI is InChI=1S/C12H14O2/c1-2-12-13-9-11(14-12)8-10-6-4-3-5-7-10/h3-7,9,12H,2,8H2,1H3. The summed E-state index contributed by atoms with van der Waals surface area (Å²) in [5, 5.41) is 0. The summed E-state index contributed by atoms with van der Waals surface area (Å²) in [5.74, 6) is 0.919. The van der Waals surface area contributed by atoms with Gasteiger partial charge in [0.05, 0.1) is 0 Å². The molecule has 14 heavy (non-hydrogen) atoms. The van der Waals surface area contributed by atoms with Crippen molar-refractivity contribution in [2.45, 2.75) is 26.1 Å². The van der Waals surface area contributed by atoms with Gasteiger partial charge in [-0.3, -0.25) is 0 Å². The van der Waals surface area contributed by atoms with Crippen LogP contribution in [0.4, 0.5) is 0 Å². The van der Waals surface area contributed by atoms with Gasteiger partial charge in [0.1, 0.15) is 12.0 Å². The van der Waals surface area contributed by atoms with Crippen molar-refractivity contribution >= 4 is 0 Å². The van der Waals surface area contributed by atoms with E-state index in [4.69, 9.17) is 9.47 Å². The number of hydrogen-bond acceptors (Lipinski definition) is 2. The van der Waals surface area contributed by atoms with Crippen molar-refractivity contribution in [2.24, 2.45) is 0 Å². The van der Waals surface area contributed by atoms with Crippen molar-refractivity contribution in [3.63, 3.8) is 0 Å². The molecule has 2 heteroatoms. The molecule has 0 spiro atoms. The second kappa shape index (κ2) is 4.18. The smallest absolute Gasteiger partial charge is 0.239 e. The minimum atomic E-state index is -0.0753. The molecule has 0 fully saturated rings. The van der Waals surface area contributed by atoms with Crippen LogP contribution >= 0.6 is 0 Å². The third kappa shape index (κ3) is 2.08. The average Bonchev–Trinajstić information content (AvgIpc) is 2.67. The Bertz CT molecular complexity index is 316. The summed E-state index contributed by atoms with van der Waals surface area (Å²) in [6.45, 7) is 2.05. The molecule has 2 rings (SSSR count). The molecule has 1 atom stereocenters. The van der Waals surface area contributed by atoms with Crippen molar-refractivity contribution in [3.05, 3.63) is 47.9 Å². The zero-order valence-corrected chi connectivity index (χ0v) is 8.27. The number of hydrogen-bond donors (Lipinski definition) is 0. The van der Waals surface area contributed by atoms with Gasteiger partial charge < -0.3 is 9.47 Å². The molecule has 0 bridgehead atoms. The minimum absolute atomic E-state index is 0.0753. The van der Waals surface area contributed by atoms with E-state index in [9.17, 15) is 0 Å². The third-order valence-electron chi connectivity index (χ3n) is 2.19. The van der Waals surface area contributed by atoms with E-state index in [1.807, 2.05) is 25.1 Å². The van der Waals surface area contributed by atoms with Crippen LogP contribution in [0.2, 0.25) is 0 Å². The molecule has 1 aromatic carbocycles. The van der Waals surface area contributed by atoms with E-state index in [-0.39, 0.29) is 6.29 Å². The molecule has 1 unspecified atom stereocenters. The van der Waals surface area contributed by atoms with Gasteiger partial charge in [0, 0.05) is 12.8 Å². The Morgan fingerprint density at radius 3 is 2.64 bits per heavy atom. The molecule has 1 aliphatic rings. The molecule has 0 saturated carbocycles. The maximum Gasteiger partial charge on any atom is 0.239 e. The molecule has 0 aromatic heterocycles. The fraction of sp³-hybridized carbons (Fsp3) is 0.333. The Hall–Kier alpha value is -1.44. The zero-order valence-electron chi connectivity index (χ0n) is 8.27. The van der Waals surface area contributed by atoms with Crippen LogP contribution < -0.4 is 0 Å². The lowest BCUT2D eigenvalue weighted by molar-refractivity contribution is -0.0339. The van der Waals surface area contributed by atoms with Crippen LogP contribution in [0.25, 0.3) is 0 Å². The lowest BCUT2D eigenvalue weighted by Gasteiger charge is -2.08. The van der Waals surface area contributed by atoms with Crippen molar-refractivity contribution in [1.29, 1.82) is 0 Å². The van der Waals surface area contributed by atoms with Gasteiger partial charge >= 0.3 is 0 Å². The number of benzene rings is 1. The highest BCUT2D eigenvalue weighted by Crippen LogP contribution is 2.19. The number of ether oxygens (including phenoxy) is 2. The minimum Gasteiger partial charge on any atom is -0.459 e. The summed E-state index contributed by atoms with van der Waals surface area (Å²) in [6, 6.07) is 10.2. The molecule has 1 heterocycles. The van der Waals surface area contributed by atoms with E-state index in [0.29, 0.717) is 0 Å². The molecule has 0 saturated heterocycles. The van der Waals surface area contributed by atoms with E-state index in [1.165, 1.54) is 5.56 Å². The predicted octanol–water partition coefficient (Wildman–Crippen LogP) is 2.85. The lowest BCUT2D eigenvalue weighted by Crippen LogP contribution is -2.06. The van der Waals surface area contributed by atoms with Crippen LogP contribution in [0.15, 0.2) is 42.4 Å². The highest BCUT2D eigenvalue weighted by molar-refractivity contribution is 5.19. The third-order valence-corrected chi connectivity index (χ3v) is 2.19. The van der Waals surface area contributed by atoms with Gasteiger partial charge in [0.2, 0.25) is 6.29 Å². The molecule has 0 aliphatic carbocycles. The summed E-state index contributed by atoms with van der Waals surface area (Å²) in [6.07, 6.45) is 3.35. The quantitative estimate of drug-likeness (QED) is 0.729. The highest BCUT2D eigenvalue weighted by Gasteiger charge is 2.16. The van der Waals surface area contributed by atoms with Crippen LogP contribution in [0, 0.1) is 0 Å².